The predicted octanol–water partition coefficient (Wildman–Crippen LogP) is 3.24. The van der Waals surface area contributed by atoms with Crippen LogP contribution in [-0.4, -0.2) is 28.3 Å². The fourth-order valence-electron chi connectivity index (χ4n) is 2.01. The highest BCUT2D eigenvalue weighted by molar-refractivity contribution is 5.55. The molecule has 1 aromatic heterocycles. The smallest absolute Gasteiger partial charge is 0.247 e. The number of nitrogens with one attached hydrogen (secondary N) is 1. The second-order valence-corrected chi connectivity index (χ2v) is 4.62. The summed E-state index contributed by atoms with van der Waals surface area (Å²) >= 11 is 0. The first kappa shape index (κ1) is 14.2. The molecule has 0 bridgehead atoms. The van der Waals surface area contributed by atoms with Crippen LogP contribution in [-0.2, 0) is 0 Å². The average Bonchev–Trinajstić information content (AvgIpc) is 2.48. The maximum Gasteiger partial charge on any atom is 0.247 e. The predicted molar refractivity (Wildman–Crippen MR) is 82.3 cm³/mol. The Morgan fingerprint density at radius 3 is 2.40 bits per heavy atom. The van der Waals surface area contributed by atoms with Crippen molar-refractivity contribution in [1.29, 1.82) is 0 Å². The molecule has 0 unspecified atom stereocenters. The summed E-state index contributed by atoms with van der Waals surface area (Å²) in [4.78, 5) is 6.72. The van der Waals surface area contributed by atoms with Gasteiger partial charge < -0.3 is 10.2 Å². The van der Waals surface area contributed by atoms with Crippen LogP contribution in [0.1, 0.15) is 26.7 Å². The number of benzene rings is 1. The fourth-order valence-corrected chi connectivity index (χ4v) is 2.01. The van der Waals surface area contributed by atoms with Crippen LogP contribution in [0.15, 0.2) is 36.5 Å². The molecule has 0 aliphatic rings. The molecule has 106 valence electrons. The van der Waals surface area contributed by atoms with Crippen molar-refractivity contribution in [2.45, 2.75) is 26.7 Å². The zero-order valence-electron chi connectivity index (χ0n) is 12.1. The molecular formula is C15H21N5. The fraction of sp³-hybridized carbons (Fsp3) is 0.400. The van der Waals surface area contributed by atoms with Gasteiger partial charge in [-0.1, -0.05) is 32.0 Å². The molecule has 0 amide bonds. The van der Waals surface area contributed by atoms with Crippen molar-refractivity contribution in [1.82, 2.24) is 15.2 Å². The Hall–Kier alpha value is -2.17. The van der Waals surface area contributed by atoms with E-state index in [0.29, 0.717) is 5.95 Å². The van der Waals surface area contributed by atoms with Gasteiger partial charge in [-0.25, -0.2) is 0 Å². The van der Waals surface area contributed by atoms with E-state index in [2.05, 4.69) is 39.2 Å². The first-order valence-electron chi connectivity index (χ1n) is 7.10. The molecule has 0 fully saturated rings. The Labute approximate surface area is 120 Å². The number of hydrogen-bond acceptors (Lipinski definition) is 5. The van der Waals surface area contributed by atoms with E-state index in [0.717, 1.165) is 37.4 Å². The quantitative estimate of drug-likeness (QED) is 0.837. The summed E-state index contributed by atoms with van der Waals surface area (Å²) in [6, 6.07) is 9.95. The van der Waals surface area contributed by atoms with Crippen LogP contribution in [0.4, 0.5) is 17.5 Å². The van der Waals surface area contributed by atoms with Crippen LogP contribution in [0.2, 0.25) is 0 Å². The number of rotatable bonds is 7. The Morgan fingerprint density at radius 1 is 1.05 bits per heavy atom. The standard InChI is InChI=1S/C15H21N5/c1-3-10-20(11-4-2)15-18-14(12-16-19-15)17-13-8-6-5-7-9-13/h5-9,12H,3-4,10-11H2,1-2H3,(H,17,18,19). The Bertz CT molecular complexity index is 509. The van der Waals surface area contributed by atoms with Crippen LogP contribution in [0.3, 0.4) is 0 Å². The maximum atomic E-state index is 4.55. The summed E-state index contributed by atoms with van der Waals surface area (Å²) in [5.41, 5.74) is 0.997. The van der Waals surface area contributed by atoms with Crippen molar-refractivity contribution in [3.63, 3.8) is 0 Å². The zero-order chi connectivity index (χ0) is 14.2. The highest BCUT2D eigenvalue weighted by Gasteiger charge is 2.09. The highest BCUT2D eigenvalue weighted by atomic mass is 15.3. The Kier molecular flexibility index (Phi) is 5.29. The third kappa shape index (κ3) is 3.91. The van der Waals surface area contributed by atoms with Crippen LogP contribution in [0, 0.1) is 0 Å². The SMILES string of the molecule is CCCN(CCC)c1nncc(Nc2ccccc2)n1. The summed E-state index contributed by atoms with van der Waals surface area (Å²) in [6.45, 7) is 6.21. The van der Waals surface area contributed by atoms with Gasteiger partial charge in [0.1, 0.15) is 0 Å². The second kappa shape index (κ2) is 7.43. The monoisotopic (exact) mass is 271 g/mol. The molecule has 5 heteroatoms. The number of hydrogen-bond donors (Lipinski definition) is 1. The molecular weight excluding hydrogens is 250 g/mol. The van der Waals surface area contributed by atoms with E-state index >= 15 is 0 Å². The molecule has 0 atom stereocenters. The van der Waals surface area contributed by atoms with E-state index in [1.54, 1.807) is 6.20 Å². The van der Waals surface area contributed by atoms with E-state index in [9.17, 15) is 0 Å². The van der Waals surface area contributed by atoms with Gasteiger partial charge in [-0.3, -0.25) is 0 Å². The van der Waals surface area contributed by atoms with Gasteiger partial charge in [0.05, 0.1) is 6.20 Å². The van der Waals surface area contributed by atoms with E-state index in [4.69, 9.17) is 0 Å². The third-order valence-electron chi connectivity index (χ3n) is 2.86. The van der Waals surface area contributed by atoms with Gasteiger partial charge in [-0.05, 0) is 25.0 Å². The van der Waals surface area contributed by atoms with Crippen LogP contribution >= 0.6 is 0 Å². The van der Waals surface area contributed by atoms with Gasteiger partial charge in [-0.15, -0.1) is 5.10 Å². The van der Waals surface area contributed by atoms with Gasteiger partial charge in [0.15, 0.2) is 5.82 Å². The summed E-state index contributed by atoms with van der Waals surface area (Å²) in [6.07, 6.45) is 3.78. The van der Waals surface area contributed by atoms with Crippen molar-refractivity contribution >= 4 is 17.5 Å². The van der Waals surface area contributed by atoms with Crippen LogP contribution < -0.4 is 10.2 Å². The largest absolute Gasteiger partial charge is 0.339 e. The lowest BCUT2D eigenvalue weighted by Crippen LogP contribution is -2.27. The highest BCUT2D eigenvalue weighted by Crippen LogP contribution is 2.15. The second-order valence-electron chi connectivity index (χ2n) is 4.62. The van der Waals surface area contributed by atoms with E-state index in [-0.39, 0.29) is 0 Å². The maximum absolute atomic E-state index is 4.55. The molecule has 0 radical (unpaired) electrons. The van der Waals surface area contributed by atoms with Crippen molar-refractivity contribution in [3.8, 4) is 0 Å². The normalized spacial score (nSPS) is 10.3. The summed E-state index contributed by atoms with van der Waals surface area (Å²) < 4.78 is 0. The average molecular weight is 271 g/mol. The lowest BCUT2D eigenvalue weighted by Gasteiger charge is -2.20. The van der Waals surface area contributed by atoms with Gasteiger partial charge >= 0.3 is 0 Å². The van der Waals surface area contributed by atoms with Gasteiger partial charge in [0.25, 0.3) is 0 Å². The minimum absolute atomic E-state index is 0.689. The number of nitrogens with zero attached hydrogens (tertiary/aromatic N) is 4. The summed E-state index contributed by atoms with van der Waals surface area (Å²) in [7, 11) is 0. The van der Waals surface area contributed by atoms with Crippen molar-refractivity contribution in [2.24, 2.45) is 0 Å². The van der Waals surface area contributed by atoms with E-state index < -0.39 is 0 Å². The molecule has 0 saturated carbocycles. The molecule has 0 aliphatic heterocycles. The van der Waals surface area contributed by atoms with Gasteiger partial charge in [-0.2, -0.15) is 10.1 Å². The number of aromatic nitrogens is 3. The van der Waals surface area contributed by atoms with Crippen LogP contribution in [0.5, 0.6) is 0 Å². The van der Waals surface area contributed by atoms with Crippen molar-refractivity contribution in [3.05, 3.63) is 36.5 Å². The Balaban J connectivity index is 2.14. The van der Waals surface area contributed by atoms with E-state index in [1.165, 1.54) is 0 Å². The van der Waals surface area contributed by atoms with Crippen molar-refractivity contribution in [2.75, 3.05) is 23.3 Å². The summed E-state index contributed by atoms with van der Waals surface area (Å²) in [5, 5.41) is 11.4. The molecule has 0 spiro atoms. The molecule has 2 aromatic rings. The first-order valence-corrected chi connectivity index (χ1v) is 7.10. The molecule has 20 heavy (non-hydrogen) atoms. The molecule has 0 aliphatic carbocycles. The minimum Gasteiger partial charge on any atom is -0.339 e. The molecule has 5 nitrogen and oxygen atoms in total. The van der Waals surface area contributed by atoms with Crippen LogP contribution in [0.25, 0.3) is 0 Å². The van der Waals surface area contributed by atoms with Crippen molar-refractivity contribution < 1.29 is 0 Å². The third-order valence-corrected chi connectivity index (χ3v) is 2.86. The summed E-state index contributed by atoms with van der Waals surface area (Å²) in [5.74, 6) is 1.41. The van der Waals surface area contributed by atoms with E-state index in [1.807, 2.05) is 30.3 Å². The number of para-hydroxylation sites is 1. The molecule has 0 saturated heterocycles. The lowest BCUT2D eigenvalue weighted by molar-refractivity contribution is 0.711. The Morgan fingerprint density at radius 2 is 1.75 bits per heavy atom. The molecule has 2 rings (SSSR count). The minimum atomic E-state index is 0.689. The lowest BCUT2D eigenvalue weighted by atomic mass is 10.3. The topological polar surface area (TPSA) is 53.9 Å². The first-order chi connectivity index (χ1) is 9.83. The zero-order valence-corrected chi connectivity index (χ0v) is 12.1. The van der Waals surface area contributed by atoms with Gasteiger partial charge in [0.2, 0.25) is 5.95 Å². The molecule has 1 heterocycles. The van der Waals surface area contributed by atoms with Gasteiger partial charge in [0, 0.05) is 18.8 Å². The number of anilines is 3. The molecule has 1 N–H and O–H groups in total. The molecule has 1 aromatic carbocycles.